The second kappa shape index (κ2) is 18.7. The van der Waals surface area contributed by atoms with E-state index in [9.17, 15) is 55.2 Å². The summed E-state index contributed by atoms with van der Waals surface area (Å²) in [6.07, 6.45) is -12.7. The van der Waals surface area contributed by atoms with E-state index in [2.05, 4.69) is 13.2 Å². The molecule has 8 N–H and O–H groups in total. The van der Waals surface area contributed by atoms with E-state index >= 15 is 0 Å². The molecular weight excluding hydrogens is 712 g/mol. The fourth-order valence-electron chi connectivity index (χ4n) is 6.58. The lowest BCUT2D eigenvalue weighted by Gasteiger charge is -2.43. The van der Waals surface area contributed by atoms with Crippen LogP contribution in [-0.2, 0) is 52.3 Å². The first-order chi connectivity index (χ1) is 25.3. The fraction of sp³-hybridized carbons (Fsp3) is 0.618. The number of ether oxygens (including phenoxy) is 8. The molecule has 4 heterocycles. The van der Waals surface area contributed by atoms with E-state index in [0.717, 1.165) is 26.7 Å². The number of aldehydes is 1. The summed E-state index contributed by atoms with van der Waals surface area (Å²) in [5.41, 5.74) is -0.223. The minimum absolute atomic E-state index is 0.0210. The SMILES string of the molecule is C=C[C@H]1[C@H](O[C@@H]2O[C@H](CO)[C@@H](O)[C@H](O)[C@H]2O)OC=C(C(=O)OC)[C@H]1C/C=C(\C=O)[C@@H]1C(C(=O)OC)=CO[C@@H](O[C@@H]2O[C@H](CO)[C@@H](O)[C@H](O)[C@H]2O)[C@@H]1C=C. The average Bonchev–Trinajstić information content (AvgIpc) is 3.17. The van der Waals surface area contributed by atoms with Crippen molar-refractivity contribution in [3.8, 4) is 0 Å². The van der Waals surface area contributed by atoms with Crippen molar-refractivity contribution in [1.82, 2.24) is 0 Å². The number of aliphatic hydroxyl groups excluding tert-OH is 8. The van der Waals surface area contributed by atoms with E-state index in [1.165, 1.54) is 18.2 Å². The molecule has 2 fully saturated rings. The maximum absolute atomic E-state index is 13.0. The Morgan fingerprint density at radius 2 is 1.15 bits per heavy atom. The maximum Gasteiger partial charge on any atom is 0.337 e. The zero-order valence-electron chi connectivity index (χ0n) is 28.8. The first kappa shape index (κ1) is 42.2. The van der Waals surface area contributed by atoms with Crippen molar-refractivity contribution in [2.75, 3.05) is 27.4 Å². The van der Waals surface area contributed by atoms with Crippen LogP contribution in [0, 0.1) is 23.7 Å². The molecule has 296 valence electrons. The number of methoxy groups -OCH3 is 2. The molecule has 0 bridgehead atoms. The molecule has 0 spiro atoms. The Hall–Kier alpha value is -3.57. The first-order valence-corrected chi connectivity index (χ1v) is 16.5. The van der Waals surface area contributed by atoms with Gasteiger partial charge in [0.2, 0.25) is 12.6 Å². The first-order valence-electron chi connectivity index (χ1n) is 16.5. The van der Waals surface area contributed by atoms with Gasteiger partial charge in [-0.2, -0.15) is 0 Å². The molecule has 0 unspecified atom stereocenters. The highest BCUT2D eigenvalue weighted by Crippen LogP contribution is 2.41. The Balaban J connectivity index is 1.66. The molecule has 0 aromatic rings. The summed E-state index contributed by atoms with van der Waals surface area (Å²) in [7, 11) is 2.23. The zero-order chi connectivity index (χ0) is 39.1. The van der Waals surface area contributed by atoms with Crippen LogP contribution in [0.4, 0.5) is 0 Å². The molecule has 0 aromatic heterocycles. The molecule has 0 aliphatic carbocycles. The van der Waals surface area contributed by atoms with Crippen LogP contribution in [0.2, 0.25) is 0 Å². The van der Waals surface area contributed by atoms with Gasteiger partial charge >= 0.3 is 11.9 Å². The van der Waals surface area contributed by atoms with E-state index < -0.39 is 123 Å². The number of rotatable bonds is 14. The standard InChI is InChI=1S/C34H46O19/c1-5-15-17(18(29(44)46-3)12-48-31(15)52-33-27(42)25(40)23(38)20(10-36)50-33)8-7-14(9-35)22-16(6-2)32(49-13-19(22)30(45)47-4)53-34-28(43)26(41)24(39)21(11-37)51-34/h5-7,9,12-13,15-17,20-28,31-34,36-43H,1-2,8,10-11H2,3-4H3/b14-7+/t15-,16-,17+,20-,21-,22+,23-,24-,25+,26+,27-,28-,31+,32+,33+,34+/m1/s1. The van der Waals surface area contributed by atoms with Crippen molar-refractivity contribution in [2.24, 2.45) is 23.7 Å². The molecule has 0 amide bonds. The number of carbonyl (C=O) groups is 3. The third-order valence-electron chi connectivity index (χ3n) is 9.59. The van der Waals surface area contributed by atoms with Crippen LogP contribution < -0.4 is 0 Å². The molecule has 19 nitrogen and oxygen atoms in total. The van der Waals surface area contributed by atoms with Gasteiger partial charge in [-0.25, -0.2) is 9.59 Å². The highest BCUT2D eigenvalue weighted by atomic mass is 16.8. The Morgan fingerprint density at radius 3 is 1.58 bits per heavy atom. The Bertz CT molecular complexity index is 1410. The van der Waals surface area contributed by atoms with Gasteiger partial charge in [0.25, 0.3) is 0 Å². The zero-order valence-corrected chi connectivity index (χ0v) is 28.8. The van der Waals surface area contributed by atoms with Crippen LogP contribution >= 0.6 is 0 Å². The van der Waals surface area contributed by atoms with Crippen molar-refractivity contribution < 1.29 is 93.1 Å². The van der Waals surface area contributed by atoms with Crippen LogP contribution in [0.25, 0.3) is 0 Å². The van der Waals surface area contributed by atoms with Gasteiger partial charge in [-0.05, 0) is 12.0 Å². The lowest BCUT2D eigenvalue weighted by Crippen LogP contribution is -2.60. The molecule has 2 saturated heterocycles. The molecule has 53 heavy (non-hydrogen) atoms. The second-order valence-corrected chi connectivity index (χ2v) is 12.6. The lowest BCUT2D eigenvalue weighted by molar-refractivity contribution is -0.339. The van der Waals surface area contributed by atoms with Gasteiger partial charge in [-0.1, -0.05) is 18.2 Å². The third kappa shape index (κ3) is 8.72. The molecule has 4 aliphatic heterocycles. The monoisotopic (exact) mass is 758 g/mol. The summed E-state index contributed by atoms with van der Waals surface area (Å²) >= 11 is 0. The number of carbonyl (C=O) groups excluding carboxylic acids is 3. The summed E-state index contributed by atoms with van der Waals surface area (Å²) in [5.74, 6) is -5.82. The number of esters is 2. The van der Waals surface area contributed by atoms with Crippen LogP contribution in [0.5, 0.6) is 0 Å². The summed E-state index contributed by atoms with van der Waals surface area (Å²) < 4.78 is 43.7. The van der Waals surface area contributed by atoms with Gasteiger partial charge in [0, 0.05) is 17.8 Å². The molecular formula is C34H46O19. The Kier molecular flexibility index (Phi) is 14.8. The van der Waals surface area contributed by atoms with Gasteiger partial charge < -0.3 is 78.7 Å². The topological polar surface area (TPSA) is 287 Å². The molecule has 4 aliphatic rings. The maximum atomic E-state index is 13.0. The summed E-state index contributed by atoms with van der Waals surface area (Å²) in [5, 5.41) is 81.1. The van der Waals surface area contributed by atoms with Crippen molar-refractivity contribution in [3.05, 3.63) is 60.6 Å². The van der Waals surface area contributed by atoms with Gasteiger partial charge in [-0.3, -0.25) is 4.79 Å². The van der Waals surface area contributed by atoms with Crippen molar-refractivity contribution in [2.45, 2.75) is 80.4 Å². The highest BCUT2D eigenvalue weighted by Gasteiger charge is 2.50. The lowest BCUT2D eigenvalue weighted by atomic mass is 9.76. The van der Waals surface area contributed by atoms with Crippen LogP contribution in [-0.4, -0.2) is 161 Å². The van der Waals surface area contributed by atoms with Gasteiger partial charge in [-0.15, -0.1) is 13.2 Å². The predicted molar refractivity (Wildman–Crippen MR) is 173 cm³/mol. The minimum Gasteiger partial charge on any atom is -0.471 e. The van der Waals surface area contributed by atoms with Crippen molar-refractivity contribution in [3.63, 3.8) is 0 Å². The molecule has 16 atom stereocenters. The largest absolute Gasteiger partial charge is 0.471 e. The van der Waals surface area contributed by atoms with Gasteiger partial charge in [0.1, 0.15) is 55.1 Å². The molecule has 0 saturated carbocycles. The smallest absolute Gasteiger partial charge is 0.337 e. The Labute approximate surface area is 303 Å². The van der Waals surface area contributed by atoms with E-state index in [1.54, 1.807) is 0 Å². The quantitative estimate of drug-likeness (QED) is 0.0375. The van der Waals surface area contributed by atoms with E-state index in [0.29, 0.717) is 6.29 Å². The summed E-state index contributed by atoms with van der Waals surface area (Å²) in [6.45, 7) is 6.16. The van der Waals surface area contributed by atoms with E-state index in [1.807, 2.05) is 0 Å². The van der Waals surface area contributed by atoms with Gasteiger partial charge in [0.15, 0.2) is 12.6 Å². The predicted octanol–water partition coefficient (Wildman–Crippen LogP) is -3.20. The third-order valence-corrected chi connectivity index (χ3v) is 9.59. The number of allylic oxidation sites excluding steroid dienone is 2. The normalized spacial score (nSPS) is 40.4. The van der Waals surface area contributed by atoms with E-state index in [-0.39, 0.29) is 23.1 Å². The minimum atomic E-state index is -1.81. The van der Waals surface area contributed by atoms with Crippen LogP contribution in [0.15, 0.2) is 60.6 Å². The van der Waals surface area contributed by atoms with Crippen molar-refractivity contribution in [1.29, 1.82) is 0 Å². The van der Waals surface area contributed by atoms with Crippen molar-refractivity contribution >= 4 is 18.2 Å². The average molecular weight is 759 g/mol. The number of hydrogen-bond acceptors (Lipinski definition) is 19. The number of hydrogen-bond donors (Lipinski definition) is 8. The Morgan fingerprint density at radius 1 is 0.698 bits per heavy atom. The van der Waals surface area contributed by atoms with E-state index in [4.69, 9.17) is 37.9 Å². The van der Waals surface area contributed by atoms with Crippen LogP contribution in [0.3, 0.4) is 0 Å². The highest BCUT2D eigenvalue weighted by molar-refractivity contribution is 5.92. The molecule has 0 aromatic carbocycles. The van der Waals surface area contributed by atoms with Gasteiger partial charge in [0.05, 0.1) is 57.0 Å². The summed E-state index contributed by atoms with van der Waals surface area (Å²) in [4.78, 5) is 38.7. The van der Waals surface area contributed by atoms with Crippen LogP contribution in [0.1, 0.15) is 6.42 Å². The molecule has 4 rings (SSSR count). The molecule has 0 radical (unpaired) electrons. The number of aliphatic hydroxyl groups is 8. The fourth-order valence-corrected chi connectivity index (χ4v) is 6.58. The second-order valence-electron chi connectivity index (χ2n) is 12.6. The summed E-state index contributed by atoms with van der Waals surface area (Å²) in [6, 6.07) is 0. The molecule has 19 heteroatoms.